The molecule has 10 nitrogen and oxygen atoms in total. The van der Waals surface area contributed by atoms with E-state index in [1.54, 1.807) is 32.9 Å². The van der Waals surface area contributed by atoms with Crippen LogP contribution in [0.2, 0.25) is 0 Å². The van der Waals surface area contributed by atoms with Crippen molar-refractivity contribution in [2.45, 2.75) is 72.3 Å². The SMILES string of the molecule is CC(C)(C)NC(=O)N[C@H](C(=O)N1CC(C(=O)O)[C@@H](NC(=O)N2Cc3cccc(F)c3C2)C1)C(C)(C)C. The lowest BCUT2D eigenvalue weighted by molar-refractivity contribution is -0.142. The number of fused-ring (bicyclic) bond motifs is 1. The standard InChI is InChI=1S/C25H36FN5O5/c1-24(2,3)19(28-22(35)29-25(4,5)6)20(32)30-12-16(21(33)34)18(13-30)27-23(36)31-10-14-8-7-9-17(26)15(14)11-31/h7-9,16,18-19H,10-13H2,1-6H3,(H,27,36)(H,33,34)(H2,28,29,35)/t16?,18-,19+/m0/s1. The number of carboxylic acids is 1. The number of aliphatic carboxylic acids is 1. The second kappa shape index (κ2) is 9.94. The van der Waals surface area contributed by atoms with Crippen molar-refractivity contribution >= 4 is 23.9 Å². The maximum atomic E-state index is 14.1. The van der Waals surface area contributed by atoms with Gasteiger partial charge in [-0.3, -0.25) is 9.59 Å². The summed E-state index contributed by atoms with van der Waals surface area (Å²) in [6, 6.07) is 1.88. The molecule has 198 valence electrons. The zero-order valence-corrected chi connectivity index (χ0v) is 21.6. The smallest absolute Gasteiger partial charge is 0.318 e. The highest BCUT2D eigenvalue weighted by Gasteiger charge is 2.45. The first-order chi connectivity index (χ1) is 16.6. The first kappa shape index (κ1) is 27.2. The predicted molar refractivity (Wildman–Crippen MR) is 130 cm³/mol. The Balaban J connectivity index is 1.71. The number of benzene rings is 1. The molecule has 1 aromatic carbocycles. The zero-order chi connectivity index (χ0) is 27.0. The van der Waals surface area contributed by atoms with Gasteiger partial charge in [0.2, 0.25) is 5.91 Å². The Hall–Kier alpha value is -3.37. The molecule has 5 amide bonds. The molecule has 1 aromatic rings. The number of rotatable bonds is 4. The molecule has 11 heteroatoms. The molecule has 0 bridgehead atoms. The average Bonchev–Trinajstić information content (AvgIpc) is 3.35. The van der Waals surface area contributed by atoms with Gasteiger partial charge in [-0.15, -0.1) is 0 Å². The van der Waals surface area contributed by atoms with Crippen LogP contribution < -0.4 is 16.0 Å². The van der Waals surface area contributed by atoms with E-state index in [-0.39, 0.29) is 32.0 Å². The fourth-order valence-corrected chi connectivity index (χ4v) is 4.49. The van der Waals surface area contributed by atoms with Crippen LogP contribution >= 0.6 is 0 Å². The largest absolute Gasteiger partial charge is 0.481 e. The van der Waals surface area contributed by atoms with E-state index < -0.39 is 52.9 Å². The van der Waals surface area contributed by atoms with Gasteiger partial charge < -0.3 is 30.9 Å². The summed E-state index contributed by atoms with van der Waals surface area (Å²) in [5, 5.41) is 18.0. The maximum Gasteiger partial charge on any atom is 0.318 e. The van der Waals surface area contributed by atoms with Gasteiger partial charge in [0.05, 0.1) is 18.5 Å². The summed E-state index contributed by atoms with van der Waals surface area (Å²) >= 11 is 0. The summed E-state index contributed by atoms with van der Waals surface area (Å²) in [4.78, 5) is 53.7. The van der Waals surface area contributed by atoms with Gasteiger partial charge in [0.15, 0.2) is 0 Å². The van der Waals surface area contributed by atoms with Crippen molar-refractivity contribution in [1.29, 1.82) is 0 Å². The van der Waals surface area contributed by atoms with E-state index in [4.69, 9.17) is 0 Å². The Morgan fingerprint density at radius 1 is 1.03 bits per heavy atom. The number of likely N-dealkylation sites (tertiary alicyclic amines) is 1. The van der Waals surface area contributed by atoms with Crippen LogP contribution in [0.1, 0.15) is 52.7 Å². The lowest BCUT2D eigenvalue weighted by Gasteiger charge is -2.34. The molecule has 3 rings (SSSR count). The van der Waals surface area contributed by atoms with E-state index in [0.29, 0.717) is 11.1 Å². The second-order valence-electron chi connectivity index (χ2n) is 11.6. The predicted octanol–water partition coefficient (Wildman–Crippen LogP) is 2.27. The van der Waals surface area contributed by atoms with E-state index in [2.05, 4.69) is 16.0 Å². The number of nitrogens with zero attached hydrogens (tertiary/aromatic N) is 2. The number of urea groups is 2. The molecule has 0 radical (unpaired) electrons. The molecule has 1 saturated heterocycles. The van der Waals surface area contributed by atoms with Crippen molar-refractivity contribution in [2.75, 3.05) is 13.1 Å². The minimum Gasteiger partial charge on any atom is -0.481 e. The summed E-state index contributed by atoms with van der Waals surface area (Å²) in [7, 11) is 0. The Bertz CT molecular complexity index is 1050. The van der Waals surface area contributed by atoms with Gasteiger partial charge >= 0.3 is 18.0 Å². The van der Waals surface area contributed by atoms with Crippen LogP contribution in [0.4, 0.5) is 14.0 Å². The first-order valence-electron chi connectivity index (χ1n) is 12.0. The third kappa shape index (κ3) is 6.24. The van der Waals surface area contributed by atoms with Crippen molar-refractivity contribution in [3.05, 3.63) is 35.1 Å². The van der Waals surface area contributed by atoms with Crippen LogP contribution in [-0.2, 0) is 22.7 Å². The van der Waals surface area contributed by atoms with Crippen molar-refractivity contribution in [3.63, 3.8) is 0 Å². The van der Waals surface area contributed by atoms with Crippen LogP contribution in [0, 0.1) is 17.2 Å². The highest BCUT2D eigenvalue weighted by Crippen LogP contribution is 2.27. The second-order valence-corrected chi connectivity index (χ2v) is 11.6. The quantitative estimate of drug-likeness (QED) is 0.499. The summed E-state index contributed by atoms with van der Waals surface area (Å²) < 4.78 is 14.1. The fraction of sp³-hybridized carbons (Fsp3) is 0.600. The van der Waals surface area contributed by atoms with E-state index >= 15 is 0 Å². The lowest BCUT2D eigenvalue weighted by atomic mass is 9.86. The van der Waals surface area contributed by atoms with Crippen LogP contribution in [0.3, 0.4) is 0 Å². The number of amides is 5. The molecule has 2 aliphatic rings. The lowest BCUT2D eigenvalue weighted by Crippen LogP contribution is -2.58. The highest BCUT2D eigenvalue weighted by atomic mass is 19.1. The van der Waals surface area contributed by atoms with Gasteiger partial charge in [-0.05, 0) is 37.8 Å². The van der Waals surface area contributed by atoms with Crippen molar-refractivity contribution in [1.82, 2.24) is 25.8 Å². The molecule has 1 unspecified atom stereocenters. The highest BCUT2D eigenvalue weighted by molar-refractivity contribution is 5.89. The molecule has 2 heterocycles. The van der Waals surface area contributed by atoms with Crippen LogP contribution in [0.5, 0.6) is 0 Å². The number of hydrogen-bond acceptors (Lipinski definition) is 4. The summed E-state index contributed by atoms with van der Waals surface area (Å²) in [6.45, 7) is 11.0. The Morgan fingerprint density at radius 2 is 1.69 bits per heavy atom. The van der Waals surface area contributed by atoms with Crippen LogP contribution in [-0.4, -0.2) is 69.6 Å². The van der Waals surface area contributed by atoms with E-state index in [1.165, 1.54) is 15.9 Å². The number of halogens is 1. The monoisotopic (exact) mass is 505 g/mol. The van der Waals surface area contributed by atoms with Gasteiger partial charge in [0.25, 0.3) is 0 Å². The normalized spacial score (nSPS) is 20.5. The number of carboxylic acid groups (broad SMARTS) is 1. The molecule has 0 aliphatic carbocycles. The molecule has 0 saturated carbocycles. The third-order valence-corrected chi connectivity index (χ3v) is 6.35. The topological polar surface area (TPSA) is 131 Å². The summed E-state index contributed by atoms with van der Waals surface area (Å²) in [5.74, 6) is -2.98. The third-order valence-electron chi connectivity index (χ3n) is 6.35. The first-order valence-corrected chi connectivity index (χ1v) is 12.0. The number of nitrogens with one attached hydrogen (secondary N) is 3. The molecular weight excluding hydrogens is 469 g/mol. The minimum atomic E-state index is -1.14. The molecule has 0 aromatic heterocycles. The molecule has 3 atom stereocenters. The Kier molecular flexibility index (Phi) is 7.52. The fourth-order valence-electron chi connectivity index (χ4n) is 4.49. The van der Waals surface area contributed by atoms with Gasteiger partial charge in [0.1, 0.15) is 11.9 Å². The molecule has 36 heavy (non-hydrogen) atoms. The van der Waals surface area contributed by atoms with Crippen molar-refractivity contribution in [2.24, 2.45) is 11.3 Å². The van der Waals surface area contributed by atoms with Crippen molar-refractivity contribution < 1.29 is 28.7 Å². The van der Waals surface area contributed by atoms with Gasteiger partial charge in [0, 0.05) is 30.7 Å². The zero-order valence-electron chi connectivity index (χ0n) is 21.6. The number of carbonyl (C=O) groups is 4. The molecule has 0 spiro atoms. The summed E-state index contributed by atoms with van der Waals surface area (Å²) in [5.41, 5.74) is -0.0165. The average molecular weight is 506 g/mol. The summed E-state index contributed by atoms with van der Waals surface area (Å²) in [6.07, 6.45) is 0. The molecule has 1 fully saturated rings. The number of hydrogen-bond donors (Lipinski definition) is 4. The van der Waals surface area contributed by atoms with Gasteiger partial charge in [-0.2, -0.15) is 0 Å². The van der Waals surface area contributed by atoms with E-state index in [0.717, 1.165) is 0 Å². The van der Waals surface area contributed by atoms with Crippen LogP contribution in [0.15, 0.2) is 18.2 Å². The van der Waals surface area contributed by atoms with E-state index in [1.807, 2.05) is 20.8 Å². The Labute approximate surface area is 210 Å². The van der Waals surface area contributed by atoms with E-state index in [9.17, 15) is 28.7 Å². The maximum absolute atomic E-state index is 14.1. The van der Waals surface area contributed by atoms with Gasteiger partial charge in [-0.25, -0.2) is 14.0 Å². The molecular formula is C25H36FN5O5. The minimum absolute atomic E-state index is 0.0220. The Morgan fingerprint density at radius 3 is 2.25 bits per heavy atom. The van der Waals surface area contributed by atoms with Crippen LogP contribution in [0.25, 0.3) is 0 Å². The molecule has 2 aliphatic heterocycles. The molecule has 4 N–H and O–H groups in total. The van der Waals surface area contributed by atoms with Crippen molar-refractivity contribution in [3.8, 4) is 0 Å². The number of carbonyl (C=O) groups excluding carboxylic acids is 3. The van der Waals surface area contributed by atoms with Gasteiger partial charge in [-0.1, -0.05) is 32.9 Å².